The third-order valence-electron chi connectivity index (χ3n) is 4.34. The molecule has 1 saturated carbocycles. The predicted octanol–water partition coefficient (Wildman–Crippen LogP) is 3.53. The highest BCUT2D eigenvalue weighted by atomic mass is 35.5. The zero-order valence-electron chi connectivity index (χ0n) is 14.4. The second-order valence-corrected chi connectivity index (χ2v) is 6.68. The second kappa shape index (κ2) is 9.14. The molecule has 0 aliphatic heterocycles. The van der Waals surface area contributed by atoms with Crippen molar-refractivity contribution < 1.29 is 14.3 Å². The lowest BCUT2D eigenvalue weighted by Gasteiger charge is -2.27. The van der Waals surface area contributed by atoms with Gasteiger partial charge in [-0.15, -0.1) is 0 Å². The Morgan fingerprint density at radius 3 is 2.67 bits per heavy atom. The van der Waals surface area contributed by atoms with E-state index in [2.05, 4.69) is 12.2 Å². The first-order valence-electron chi connectivity index (χ1n) is 8.62. The van der Waals surface area contributed by atoms with Gasteiger partial charge in [0, 0.05) is 17.6 Å². The van der Waals surface area contributed by atoms with E-state index in [0.717, 1.165) is 38.5 Å². The summed E-state index contributed by atoms with van der Waals surface area (Å²) in [6.07, 6.45) is 5.68. The van der Waals surface area contributed by atoms with Crippen molar-refractivity contribution in [2.45, 2.75) is 57.5 Å². The average Bonchev–Trinajstić information content (AvgIpc) is 2.58. The van der Waals surface area contributed by atoms with Crippen LogP contribution in [-0.2, 0) is 0 Å². The van der Waals surface area contributed by atoms with E-state index in [1.807, 2.05) is 0 Å². The van der Waals surface area contributed by atoms with Gasteiger partial charge < -0.3 is 20.5 Å². The van der Waals surface area contributed by atoms with E-state index in [1.54, 1.807) is 19.2 Å². The van der Waals surface area contributed by atoms with Crippen LogP contribution in [-0.4, -0.2) is 31.7 Å². The Bertz CT molecular complexity index is 557. The zero-order valence-corrected chi connectivity index (χ0v) is 15.2. The van der Waals surface area contributed by atoms with E-state index in [4.69, 9.17) is 26.8 Å². The van der Waals surface area contributed by atoms with Crippen LogP contribution in [0.15, 0.2) is 12.1 Å². The molecule has 1 fully saturated rings. The number of nitrogens with two attached hydrogens (primary N) is 1. The Morgan fingerprint density at radius 2 is 2.04 bits per heavy atom. The fourth-order valence-corrected chi connectivity index (χ4v) is 3.11. The Hall–Kier alpha value is -1.46. The minimum Gasteiger partial charge on any atom is -0.493 e. The molecular formula is C18H27ClN2O3. The number of nitrogens with one attached hydrogen (secondary N) is 1. The summed E-state index contributed by atoms with van der Waals surface area (Å²) >= 11 is 6.30. The Kier molecular flexibility index (Phi) is 7.18. The largest absolute Gasteiger partial charge is 0.493 e. The minimum absolute atomic E-state index is 0.143. The summed E-state index contributed by atoms with van der Waals surface area (Å²) in [4.78, 5) is 12.5. The molecule has 0 atom stereocenters. The molecule has 2 rings (SSSR count). The van der Waals surface area contributed by atoms with Crippen LogP contribution < -0.4 is 20.5 Å². The maximum Gasteiger partial charge on any atom is 0.251 e. The van der Waals surface area contributed by atoms with Crippen LogP contribution in [0.5, 0.6) is 11.5 Å². The molecule has 1 aromatic rings. The van der Waals surface area contributed by atoms with E-state index in [-0.39, 0.29) is 18.0 Å². The highest BCUT2D eigenvalue weighted by Crippen LogP contribution is 2.36. The normalized spacial score (nSPS) is 20.5. The molecule has 0 aromatic heterocycles. The molecule has 0 bridgehead atoms. The summed E-state index contributed by atoms with van der Waals surface area (Å²) < 4.78 is 11.0. The number of carbonyl (C=O) groups is 1. The van der Waals surface area contributed by atoms with Gasteiger partial charge in [0.2, 0.25) is 0 Å². The van der Waals surface area contributed by atoms with Gasteiger partial charge in [0.25, 0.3) is 5.91 Å². The fourth-order valence-electron chi connectivity index (χ4n) is 2.84. The van der Waals surface area contributed by atoms with Crippen molar-refractivity contribution in [1.82, 2.24) is 5.32 Å². The van der Waals surface area contributed by atoms with Crippen molar-refractivity contribution in [1.29, 1.82) is 0 Å². The van der Waals surface area contributed by atoms with Crippen LogP contribution >= 0.6 is 11.6 Å². The molecule has 5 nitrogen and oxygen atoms in total. The van der Waals surface area contributed by atoms with Crippen molar-refractivity contribution in [3.8, 4) is 11.5 Å². The lowest BCUT2D eigenvalue weighted by Crippen LogP contribution is -2.40. The number of benzene rings is 1. The number of hydrogen-bond donors (Lipinski definition) is 2. The van der Waals surface area contributed by atoms with E-state index >= 15 is 0 Å². The van der Waals surface area contributed by atoms with E-state index in [9.17, 15) is 4.79 Å². The number of methoxy groups -OCH3 is 1. The van der Waals surface area contributed by atoms with Crippen molar-refractivity contribution in [3.05, 3.63) is 22.7 Å². The summed E-state index contributed by atoms with van der Waals surface area (Å²) in [5.74, 6) is 0.831. The van der Waals surface area contributed by atoms with Crippen LogP contribution in [0.2, 0.25) is 5.02 Å². The molecule has 1 aromatic carbocycles. The topological polar surface area (TPSA) is 73.6 Å². The molecule has 0 heterocycles. The summed E-state index contributed by atoms with van der Waals surface area (Å²) in [7, 11) is 1.54. The van der Waals surface area contributed by atoms with Crippen LogP contribution in [0.1, 0.15) is 55.8 Å². The Balaban J connectivity index is 2.06. The molecule has 0 unspecified atom stereocenters. The number of carbonyl (C=O) groups excluding carboxylic acids is 1. The van der Waals surface area contributed by atoms with Crippen molar-refractivity contribution in [3.63, 3.8) is 0 Å². The summed E-state index contributed by atoms with van der Waals surface area (Å²) in [6, 6.07) is 3.74. The standard InChI is InChI=1S/C18H27ClN2O3/c1-3-4-9-24-17-15(19)10-12(11-16(17)23-2)18(22)21-14-7-5-13(20)6-8-14/h10-11,13-14H,3-9,20H2,1-2H3,(H,21,22). The molecule has 0 radical (unpaired) electrons. The number of halogens is 1. The number of unbranched alkanes of at least 4 members (excludes halogenated alkanes) is 1. The first-order chi connectivity index (χ1) is 11.5. The van der Waals surface area contributed by atoms with Crippen LogP contribution in [0, 0.1) is 0 Å². The second-order valence-electron chi connectivity index (χ2n) is 6.28. The monoisotopic (exact) mass is 354 g/mol. The summed E-state index contributed by atoms with van der Waals surface area (Å²) in [6.45, 7) is 2.66. The molecule has 1 aliphatic rings. The van der Waals surface area contributed by atoms with Gasteiger partial charge in [-0.1, -0.05) is 24.9 Å². The lowest BCUT2D eigenvalue weighted by atomic mass is 9.91. The maximum atomic E-state index is 12.5. The van der Waals surface area contributed by atoms with Gasteiger partial charge in [-0.05, 0) is 44.2 Å². The van der Waals surface area contributed by atoms with Gasteiger partial charge in [-0.25, -0.2) is 0 Å². The van der Waals surface area contributed by atoms with Gasteiger partial charge >= 0.3 is 0 Å². The van der Waals surface area contributed by atoms with Gasteiger partial charge in [0.05, 0.1) is 18.7 Å². The van der Waals surface area contributed by atoms with Gasteiger partial charge in [0.15, 0.2) is 11.5 Å². The molecule has 0 spiro atoms. The van der Waals surface area contributed by atoms with E-state index < -0.39 is 0 Å². The Labute approximate surface area is 148 Å². The number of ether oxygens (including phenoxy) is 2. The van der Waals surface area contributed by atoms with Gasteiger partial charge in [0.1, 0.15) is 0 Å². The third-order valence-corrected chi connectivity index (χ3v) is 4.62. The number of hydrogen-bond acceptors (Lipinski definition) is 4. The fraction of sp³-hybridized carbons (Fsp3) is 0.611. The molecule has 24 heavy (non-hydrogen) atoms. The number of rotatable bonds is 7. The lowest BCUT2D eigenvalue weighted by molar-refractivity contribution is 0.0925. The zero-order chi connectivity index (χ0) is 17.5. The van der Waals surface area contributed by atoms with Crippen LogP contribution in [0.25, 0.3) is 0 Å². The number of amides is 1. The van der Waals surface area contributed by atoms with Crippen LogP contribution in [0.4, 0.5) is 0 Å². The maximum absolute atomic E-state index is 12.5. The average molecular weight is 355 g/mol. The first-order valence-corrected chi connectivity index (χ1v) is 8.99. The van der Waals surface area contributed by atoms with Crippen LogP contribution in [0.3, 0.4) is 0 Å². The van der Waals surface area contributed by atoms with Crippen molar-refractivity contribution >= 4 is 17.5 Å². The highest BCUT2D eigenvalue weighted by Gasteiger charge is 2.22. The van der Waals surface area contributed by atoms with Gasteiger partial charge in [-0.2, -0.15) is 0 Å². The smallest absolute Gasteiger partial charge is 0.251 e. The van der Waals surface area contributed by atoms with Crippen molar-refractivity contribution in [2.24, 2.45) is 5.73 Å². The van der Waals surface area contributed by atoms with E-state index in [1.165, 1.54) is 0 Å². The first kappa shape index (κ1) is 18.9. The van der Waals surface area contributed by atoms with Gasteiger partial charge in [-0.3, -0.25) is 4.79 Å². The molecule has 3 N–H and O–H groups in total. The molecule has 6 heteroatoms. The molecular weight excluding hydrogens is 328 g/mol. The Morgan fingerprint density at radius 1 is 1.33 bits per heavy atom. The van der Waals surface area contributed by atoms with Crippen molar-refractivity contribution in [2.75, 3.05) is 13.7 Å². The van der Waals surface area contributed by atoms with E-state index in [0.29, 0.717) is 28.7 Å². The molecule has 0 saturated heterocycles. The third kappa shape index (κ3) is 5.02. The summed E-state index contributed by atoms with van der Waals surface area (Å²) in [5, 5.41) is 3.45. The quantitative estimate of drug-likeness (QED) is 0.734. The minimum atomic E-state index is -0.143. The summed E-state index contributed by atoms with van der Waals surface area (Å²) in [5.41, 5.74) is 6.38. The molecule has 1 amide bonds. The predicted molar refractivity (Wildman–Crippen MR) is 96.1 cm³/mol. The molecule has 134 valence electrons. The molecule has 1 aliphatic carbocycles. The SMILES string of the molecule is CCCCOc1c(Cl)cc(C(=O)NC2CCC(N)CC2)cc1OC. The highest BCUT2D eigenvalue weighted by molar-refractivity contribution is 6.32.